The van der Waals surface area contributed by atoms with E-state index in [9.17, 15) is 0 Å². The average Bonchev–Trinajstić information content (AvgIpc) is 3.01. The van der Waals surface area contributed by atoms with Gasteiger partial charge < -0.3 is 0 Å². The SMILES string of the molecule is Clc1ccc(-c2csc(N/N=C\c3ccccc3Cl)n2)cc1Cl. The number of anilines is 1. The number of benzene rings is 2. The Hall–Kier alpha value is -1.59. The molecule has 0 atom stereocenters. The molecule has 23 heavy (non-hydrogen) atoms. The van der Waals surface area contributed by atoms with Crippen LogP contribution in [0.15, 0.2) is 52.9 Å². The van der Waals surface area contributed by atoms with Crippen LogP contribution in [0.4, 0.5) is 5.13 Å². The first-order valence-corrected chi connectivity index (χ1v) is 8.59. The van der Waals surface area contributed by atoms with E-state index in [-0.39, 0.29) is 0 Å². The smallest absolute Gasteiger partial charge is 0.203 e. The summed E-state index contributed by atoms with van der Waals surface area (Å²) in [6.45, 7) is 0. The van der Waals surface area contributed by atoms with E-state index in [1.165, 1.54) is 11.3 Å². The molecule has 0 aliphatic rings. The maximum atomic E-state index is 6.06. The third kappa shape index (κ3) is 4.03. The molecule has 1 N–H and O–H groups in total. The van der Waals surface area contributed by atoms with E-state index >= 15 is 0 Å². The van der Waals surface area contributed by atoms with Crippen LogP contribution in [0.25, 0.3) is 11.3 Å². The quantitative estimate of drug-likeness (QED) is 0.430. The lowest BCUT2D eigenvalue weighted by atomic mass is 10.2. The fourth-order valence-electron chi connectivity index (χ4n) is 1.85. The van der Waals surface area contributed by atoms with Crippen LogP contribution < -0.4 is 5.43 Å². The molecule has 3 aromatic rings. The van der Waals surface area contributed by atoms with Crippen LogP contribution in [0.3, 0.4) is 0 Å². The zero-order chi connectivity index (χ0) is 16.2. The Morgan fingerprint density at radius 3 is 2.61 bits per heavy atom. The number of nitrogens with zero attached hydrogens (tertiary/aromatic N) is 2. The van der Waals surface area contributed by atoms with Crippen LogP contribution in [0.2, 0.25) is 15.1 Å². The number of aromatic nitrogens is 1. The van der Waals surface area contributed by atoms with Crippen molar-refractivity contribution in [3.8, 4) is 11.3 Å². The van der Waals surface area contributed by atoms with E-state index in [4.69, 9.17) is 34.8 Å². The van der Waals surface area contributed by atoms with Crippen molar-refractivity contribution >= 4 is 57.5 Å². The van der Waals surface area contributed by atoms with Crippen LogP contribution in [0.5, 0.6) is 0 Å². The fraction of sp³-hybridized carbons (Fsp3) is 0. The van der Waals surface area contributed by atoms with Crippen molar-refractivity contribution in [1.29, 1.82) is 0 Å². The number of nitrogens with one attached hydrogen (secondary N) is 1. The third-order valence-electron chi connectivity index (χ3n) is 2.99. The Balaban J connectivity index is 1.72. The summed E-state index contributed by atoms with van der Waals surface area (Å²) in [6.07, 6.45) is 1.66. The van der Waals surface area contributed by atoms with Gasteiger partial charge in [-0.15, -0.1) is 11.3 Å². The van der Waals surface area contributed by atoms with Crippen LogP contribution in [0.1, 0.15) is 5.56 Å². The van der Waals surface area contributed by atoms with Gasteiger partial charge in [0.25, 0.3) is 0 Å². The number of hydrazone groups is 1. The standard InChI is InChI=1S/C16H10Cl3N3S/c17-12-4-2-1-3-11(12)8-20-22-16-21-15(9-23-16)10-5-6-13(18)14(19)7-10/h1-9H,(H,21,22)/b20-8-. The number of halogens is 3. The van der Waals surface area contributed by atoms with Crippen molar-refractivity contribution in [3.63, 3.8) is 0 Å². The summed E-state index contributed by atoms with van der Waals surface area (Å²) in [5.74, 6) is 0. The number of hydrogen-bond donors (Lipinski definition) is 1. The zero-order valence-electron chi connectivity index (χ0n) is 11.6. The summed E-state index contributed by atoms with van der Waals surface area (Å²) in [5.41, 5.74) is 5.44. The molecule has 116 valence electrons. The van der Waals surface area contributed by atoms with E-state index in [0.29, 0.717) is 20.2 Å². The first-order chi connectivity index (χ1) is 11.1. The monoisotopic (exact) mass is 381 g/mol. The van der Waals surface area contributed by atoms with E-state index in [1.54, 1.807) is 18.3 Å². The molecule has 0 spiro atoms. The van der Waals surface area contributed by atoms with Crippen molar-refractivity contribution in [2.24, 2.45) is 5.10 Å². The number of rotatable bonds is 4. The molecular formula is C16H10Cl3N3S. The molecule has 3 rings (SSSR count). The predicted octanol–water partition coefficient (Wildman–Crippen LogP) is 6.22. The summed E-state index contributed by atoms with van der Waals surface area (Å²) in [5, 5.41) is 8.42. The molecule has 0 saturated carbocycles. The number of thiazole rings is 1. The van der Waals surface area contributed by atoms with Gasteiger partial charge in [-0.2, -0.15) is 5.10 Å². The molecule has 7 heteroatoms. The molecule has 1 aromatic heterocycles. The van der Waals surface area contributed by atoms with Gasteiger partial charge >= 0.3 is 0 Å². The molecule has 0 bridgehead atoms. The van der Waals surface area contributed by atoms with E-state index in [0.717, 1.165) is 16.8 Å². The minimum absolute atomic E-state index is 0.503. The second kappa shape index (κ2) is 7.32. The van der Waals surface area contributed by atoms with Crippen LogP contribution in [0, 0.1) is 0 Å². The topological polar surface area (TPSA) is 37.3 Å². The second-order valence-corrected chi connectivity index (χ2v) is 6.64. The molecule has 0 aliphatic heterocycles. The van der Waals surface area contributed by atoms with Gasteiger partial charge in [0, 0.05) is 21.5 Å². The minimum atomic E-state index is 0.503. The first-order valence-electron chi connectivity index (χ1n) is 6.58. The average molecular weight is 383 g/mol. The van der Waals surface area contributed by atoms with Gasteiger partial charge in [-0.3, -0.25) is 5.43 Å². The lowest BCUT2D eigenvalue weighted by molar-refractivity contribution is 1.29. The van der Waals surface area contributed by atoms with Gasteiger partial charge in [-0.25, -0.2) is 4.98 Å². The highest BCUT2D eigenvalue weighted by molar-refractivity contribution is 7.14. The summed E-state index contributed by atoms with van der Waals surface area (Å²) < 4.78 is 0. The highest BCUT2D eigenvalue weighted by Crippen LogP contribution is 2.30. The zero-order valence-corrected chi connectivity index (χ0v) is 14.7. The number of hydrogen-bond acceptors (Lipinski definition) is 4. The molecule has 3 nitrogen and oxygen atoms in total. The normalized spacial score (nSPS) is 11.1. The van der Waals surface area contributed by atoms with E-state index in [1.807, 2.05) is 35.7 Å². The van der Waals surface area contributed by atoms with Gasteiger partial charge in [-0.1, -0.05) is 59.1 Å². The molecule has 1 heterocycles. The molecule has 0 saturated heterocycles. The lowest BCUT2D eigenvalue weighted by Gasteiger charge is -1.99. The summed E-state index contributed by atoms with van der Waals surface area (Å²) in [7, 11) is 0. The Kier molecular flexibility index (Phi) is 5.18. The molecule has 2 aromatic carbocycles. The van der Waals surface area contributed by atoms with Crippen LogP contribution in [-0.2, 0) is 0 Å². The summed E-state index contributed by atoms with van der Waals surface area (Å²) in [6, 6.07) is 12.9. The van der Waals surface area contributed by atoms with Crippen LogP contribution >= 0.6 is 46.1 Å². The molecule has 0 unspecified atom stereocenters. The van der Waals surface area contributed by atoms with Gasteiger partial charge in [0.1, 0.15) is 0 Å². The maximum Gasteiger partial charge on any atom is 0.203 e. The maximum absolute atomic E-state index is 6.06. The van der Waals surface area contributed by atoms with Gasteiger partial charge in [0.15, 0.2) is 0 Å². The lowest BCUT2D eigenvalue weighted by Crippen LogP contribution is -1.90. The second-order valence-electron chi connectivity index (χ2n) is 4.56. The van der Waals surface area contributed by atoms with Crippen LogP contribution in [-0.4, -0.2) is 11.2 Å². The molecule has 0 amide bonds. The highest BCUT2D eigenvalue weighted by Gasteiger charge is 2.06. The predicted molar refractivity (Wildman–Crippen MR) is 100 cm³/mol. The Bertz CT molecular complexity index is 861. The molecule has 0 fully saturated rings. The Morgan fingerprint density at radius 1 is 1.00 bits per heavy atom. The third-order valence-corrected chi connectivity index (χ3v) is 4.82. The van der Waals surface area contributed by atoms with Crippen molar-refractivity contribution in [3.05, 3.63) is 68.5 Å². The summed E-state index contributed by atoms with van der Waals surface area (Å²) >= 11 is 19.5. The molecular weight excluding hydrogens is 373 g/mol. The van der Waals surface area contributed by atoms with Gasteiger partial charge in [0.2, 0.25) is 5.13 Å². The van der Waals surface area contributed by atoms with E-state index < -0.39 is 0 Å². The largest absolute Gasteiger partial charge is 0.253 e. The van der Waals surface area contributed by atoms with Crippen molar-refractivity contribution in [2.75, 3.05) is 5.43 Å². The Labute approximate surface area is 152 Å². The van der Waals surface area contributed by atoms with Crippen molar-refractivity contribution in [2.45, 2.75) is 0 Å². The van der Waals surface area contributed by atoms with Gasteiger partial charge in [0.05, 0.1) is 22.0 Å². The molecule has 0 aliphatic carbocycles. The highest BCUT2D eigenvalue weighted by atomic mass is 35.5. The Morgan fingerprint density at radius 2 is 1.83 bits per heavy atom. The fourth-order valence-corrected chi connectivity index (χ4v) is 3.00. The van der Waals surface area contributed by atoms with E-state index in [2.05, 4.69) is 15.5 Å². The molecule has 0 radical (unpaired) electrons. The minimum Gasteiger partial charge on any atom is -0.253 e. The first kappa shape index (κ1) is 16.3. The van der Waals surface area contributed by atoms with Crippen molar-refractivity contribution in [1.82, 2.24) is 4.98 Å². The van der Waals surface area contributed by atoms with Crippen molar-refractivity contribution < 1.29 is 0 Å². The summed E-state index contributed by atoms with van der Waals surface area (Å²) in [4.78, 5) is 4.46. The van der Waals surface area contributed by atoms with Gasteiger partial charge in [-0.05, 0) is 18.2 Å².